The second-order valence-corrected chi connectivity index (χ2v) is 8.56. The van der Waals surface area contributed by atoms with Crippen molar-refractivity contribution in [2.24, 2.45) is 0 Å². The molecule has 0 aliphatic rings. The van der Waals surface area contributed by atoms with Crippen LogP contribution in [0.1, 0.15) is 46.5 Å². The fourth-order valence-electron chi connectivity index (χ4n) is 1.83. The highest BCUT2D eigenvalue weighted by Gasteiger charge is 2.31. The molecule has 0 aromatic carbocycles. The third kappa shape index (κ3) is 15.2. The third-order valence-corrected chi connectivity index (χ3v) is 5.22. The average Bonchev–Trinajstić information content (AvgIpc) is 2.42. The SMILES string of the molecule is C=C/C(=C\CC/C(C)=C/COP(=O)(O)OP(=O)(O)O)CCC=C(C)C. The van der Waals surface area contributed by atoms with Gasteiger partial charge in [0.25, 0.3) is 0 Å². The Bertz CT molecular complexity index is 610. The van der Waals surface area contributed by atoms with Gasteiger partial charge in [0.1, 0.15) is 0 Å². The summed E-state index contributed by atoms with van der Waals surface area (Å²) in [5.41, 5.74) is 3.36. The van der Waals surface area contributed by atoms with Gasteiger partial charge in [-0.1, -0.05) is 47.6 Å². The smallest absolute Gasteiger partial charge is 0.302 e. The quantitative estimate of drug-likeness (QED) is 0.248. The van der Waals surface area contributed by atoms with Crippen LogP contribution in [0.3, 0.4) is 0 Å². The fourth-order valence-corrected chi connectivity index (χ4v) is 3.36. The minimum absolute atomic E-state index is 0.280. The summed E-state index contributed by atoms with van der Waals surface area (Å²) in [7, 11) is -9.86. The van der Waals surface area contributed by atoms with Crippen molar-refractivity contribution in [1.82, 2.24) is 0 Å². The second-order valence-electron chi connectivity index (χ2n) is 5.73. The van der Waals surface area contributed by atoms with Crippen molar-refractivity contribution >= 4 is 15.6 Å². The number of phosphoric ester groups is 1. The maximum atomic E-state index is 11.3. The summed E-state index contributed by atoms with van der Waals surface area (Å²) in [6.45, 7) is 9.47. The lowest BCUT2D eigenvalue weighted by atomic mass is 10.1. The Hall–Kier alpha value is -0.780. The highest BCUT2D eigenvalue weighted by Crippen LogP contribution is 2.57. The molecule has 7 nitrogen and oxygen atoms in total. The summed E-state index contributed by atoms with van der Waals surface area (Å²) in [5.74, 6) is 0. The average molecular weight is 394 g/mol. The summed E-state index contributed by atoms with van der Waals surface area (Å²) in [6, 6.07) is 0. The molecule has 0 aliphatic carbocycles. The fraction of sp³-hybridized carbons (Fsp3) is 0.500. The minimum atomic E-state index is -5.08. The van der Waals surface area contributed by atoms with Gasteiger partial charge in [-0.25, -0.2) is 9.13 Å². The van der Waals surface area contributed by atoms with Crippen LogP contribution in [0.15, 0.2) is 47.6 Å². The molecule has 144 valence electrons. The van der Waals surface area contributed by atoms with Crippen LogP contribution in [0.2, 0.25) is 0 Å². The van der Waals surface area contributed by atoms with Crippen LogP contribution < -0.4 is 0 Å². The highest BCUT2D eigenvalue weighted by molar-refractivity contribution is 7.60. The highest BCUT2D eigenvalue weighted by atomic mass is 31.3. The predicted octanol–water partition coefficient (Wildman–Crippen LogP) is 4.80. The van der Waals surface area contributed by atoms with E-state index in [1.54, 1.807) is 6.08 Å². The van der Waals surface area contributed by atoms with Gasteiger partial charge in [-0.05, 0) is 46.5 Å². The van der Waals surface area contributed by atoms with Gasteiger partial charge in [0.15, 0.2) is 0 Å². The minimum Gasteiger partial charge on any atom is -0.302 e. The Balaban J connectivity index is 4.33. The lowest BCUT2D eigenvalue weighted by molar-refractivity contribution is 0.191. The molecule has 0 bridgehead atoms. The number of hydrogen-bond donors (Lipinski definition) is 3. The Labute approximate surface area is 149 Å². The summed E-state index contributed by atoms with van der Waals surface area (Å²) >= 11 is 0. The van der Waals surface area contributed by atoms with E-state index in [9.17, 15) is 9.13 Å². The molecule has 3 N–H and O–H groups in total. The second kappa shape index (κ2) is 11.8. The van der Waals surface area contributed by atoms with Crippen LogP contribution in [-0.4, -0.2) is 21.3 Å². The van der Waals surface area contributed by atoms with Crippen molar-refractivity contribution < 1.29 is 32.6 Å². The molecule has 0 rings (SSSR count). The van der Waals surface area contributed by atoms with E-state index in [1.165, 1.54) is 5.57 Å². The number of phosphoric acid groups is 2. The lowest BCUT2D eigenvalue weighted by Crippen LogP contribution is -1.94. The topological polar surface area (TPSA) is 113 Å². The first kappa shape index (κ1) is 24.2. The van der Waals surface area contributed by atoms with E-state index in [1.807, 2.05) is 13.0 Å². The van der Waals surface area contributed by atoms with Crippen LogP contribution in [0.4, 0.5) is 0 Å². The van der Waals surface area contributed by atoms with Gasteiger partial charge in [0, 0.05) is 0 Å². The molecule has 0 aromatic rings. The summed E-state index contributed by atoms with van der Waals surface area (Å²) < 4.78 is 30.0. The van der Waals surface area contributed by atoms with E-state index >= 15 is 0 Å². The van der Waals surface area contributed by atoms with E-state index in [0.29, 0.717) is 0 Å². The largest absolute Gasteiger partial charge is 0.481 e. The standard InChI is InChI=1S/C16H28O7P2/c1-5-16(10-6-8-14(2)3)11-7-9-15(4)12-13-22-25(20,21)23-24(17,18)19/h5,8,11-12H,1,6-7,9-10,13H2,2-4H3,(H,20,21)(H2,17,18,19)/b15-12+,16-11+. The number of allylic oxidation sites excluding steroid dienone is 6. The Morgan fingerprint density at radius 2 is 1.60 bits per heavy atom. The van der Waals surface area contributed by atoms with E-state index < -0.39 is 15.6 Å². The van der Waals surface area contributed by atoms with Crippen LogP contribution in [0, 0.1) is 0 Å². The molecule has 0 spiro atoms. The summed E-state index contributed by atoms with van der Waals surface area (Å²) in [6.07, 6.45) is 11.1. The van der Waals surface area contributed by atoms with Crippen molar-refractivity contribution in [3.63, 3.8) is 0 Å². The monoisotopic (exact) mass is 394 g/mol. The number of rotatable bonds is 12. The van der Waals surface area contributed by atoms with Gasteiger partial charge >= 0.3 is 15.6 Å². The summed E-state index contributed by atoms with van der Waals surface area (Å²) in [5, 5.41) is 0. The first-order valence-corrected chi connectivity index (χ1v) is 10.8. The Morgan fingerprint density at radius 1 is 1.00 bits per heavy atom. The van der Waals surface area contributed by atoms with E-state index in [4.69, 9.17) is 14.7 Å². The Kier molecular flexibility index (Phi) is 11.4. The van der Waals surface area contributed by atoms with Crippen LogP contribution in [-0.2, 0) is 18.0 Å². The third-order valence-electron chi connectivity index (χ3n) is 3.07. The molecule has 0 radical (unpaired) electrons. The molecule has 0 heterocycles. The van der Waals surface area contributed by atoms with Crippen molar-refractivity contribution in [3.05, 3.63) is 47.6 Å². The van der Waals surface area contributed by atoms with Gasteiger partial charge in [-0.3, -0.25) is 4.52 Å². The van der Waals surface area contributed by atoms with E-state index in [2.05, 4.69) is 41.4 Å². The normalized spacial score (nSPS) is 15.6. The lowest BCUT2D eigenvalue weighted by Gasteiger charge is -2.11. The molecule has 0 fully saturated rings. The summed E-state index contributed by atoms with van der Waals surface area (Å²) in [4.78, 5) is 26.1. The van der Waals surface area contributed by atoms with Crippen molar-refractivity contribution in [2.75, 3.05) is 6.61 Å². The van der Waals surface area contributed by atoms with Crippen molar-refractivity contribution in [2.45, 2.75) is 46.5 Å². The molecular formula is C16H28O7P2. The van der Waals surface area contributed by atoms with Gasteiger partial charge in [0.2, 0.25) is 0 Å². The predicted molar refractivity (Wildman–Crippen MR) is 98.8 cm³/mol. The van der Waals surface area contributed by atoms with Crippen LogP contribution in [0.25, 0.3) is 0 Å². The molecule has 0 amide bonds. The van der Waals surface area contributed by atoms with E-state index in [0.717, 1.165) is 36.8 Å². The zero-order chi connectivity index (χ0) is 19.5. The molecule has 0 saturated heterocycles. The van der Waals surface area contributed by atoms with Crippen LogP contribution >= 0.6 is 15.6 Å². The molecule has 0 aromatic heterocycles. The molecule has 1 unspecified atom stereocenters. The van der Waals surface area contributed by atoms with Gasteiger partial charge < -0.3 is 14.7 Å². The van der Waals surface area contributed by atoms with Crippen molar-refractivity contribution in [1.29, 1.82) is 0 Å². The Morgan fingerprint density at radius 3 is 2.12 bits per heavy atom. The number of hydrogen-bond acceptors (Lipinski definition) is 4. The molecular weight excluding hydrogens is 366 g/mol. The van der Waals surface area contributed by atoms with Gasteiger partial charge in [0.05, 0.1) is 6.61 Å². The van der Waals surface area contributed by atoms with Gasteiger partial charge in [-0.2, -0.15) is 4.31 Å². The van der Waals surface area contributed by atoms with E-state index in [-0.39, 0.29) is 6.61 Å². The first-order valence-electron chi connectivity index (χ1n) is 7.80. The zero-order valence-corrected chi connectivity index (χ0v) is 16.7. The first-order chi connectivity index (χ1) is 11.4. The maximum absolute atomic E-state index is 11.3. The molecule has 9 heteroatoms. The molecule has 25 heavy (non-hydrogen) atoms. The molecule has 0 saturated carbocycles. The van der Waals surface area contributed by atoms with Crippen LogP contribution in [0.5, 0.6) is 0 Å². The van der Waals surface area contributed by atoms with Gasteiger partial charge in [-0.15, -0.1) is 0 Å². The molecule has 0 aliphatic heterocycles. The maximum Gasteiger partial charge on any atom is 0.481 e. The van der Waals surface area contributed by atoms with Crippen molar-refractivity contribution in [3.8, 4) is 0 Å². The molecule has 1 atom stereocenters. The zero-order valence-electron chi connectivity index (χ0n) is 14.9.